The first-order valence-corrected chi connectivity index (χ1v) is 9.84. The third kappa shape index (κ3) is 3.98. The zero-order chi connectivity index (χ0) is 18.6. The first-order valence-electron chi connectivity index (χ1n) is 9.47. The number of hydrogen-bond acceptors (Lipinski definition) is 5. The van der Waals surface area contributed by atoms with Crippen molar-refractivity contribution in [3.63, 3.8) is 0 Å². The van der Waals surface area contributed by atoms with Crippen molar-refractivity contribution in [2.24, 2.45) is 5.92 Å². The van der Waals surface area contributed by atoms with Gasteiger partial charge in [0, 0.05) is 18.3 Å². The zero-order valence-corrected chi connectivity index (χ0v) is 16.1. The number of benzene rings is 1. The molecule has 0 bridgehead atoms. The molecular formula is C21H23ClN4O. The molecule has 4 rings (SSSR count). The molecule has 1 fully saturated rings. The van der Waals surface area contributed by atoms with Crippen molar-refractivity contribution in [3.8, 4) is 11.4 Å². The average molecular weight is 383 g/mol. The summed E-state index contributed by atoms with van der Waals surface area (Å²) in [4.78, 5) is 9.07. The van der Waals surface area contributed by atoms with Gasteiger partial charge in [-0.05, 0) is 42.2 Å². The SMILES string of the molecule is CNc1ncccc1-c1noc(C(CC2CCCC2)c2ccc(Cl)cc2)n1. The quantitative estimate of drug-likeness (QED) is 0.606. The fraction of sp³-hybridized carbons (Fsp3) is 0.381. The van der Waals surface area contributed by atoms with Crippen LogP contribution in [-0.2, 0) is 0 Å². The summed E-state index contributed by atoms with van der Waals surface area (Å²) in [7, 11) is 1.84. The Kier molecular flexibility index (Phi) is 5.39. The molecule has 0 aliphatic heterocycles. The first kappa shape index (κ1) is 18.0. The Morgan fingerprint density at radius 1 is 1.19 bits per heavy atom. The van der Waals surface area contributed by atoms with Crippen molar-refractivity contribution in [1.82, 2.24) is 15.1 Å². The molecule has 1 N–H and O–H groups in total. The van der Waals surface area contributed by atoms with E-state index in [4.69, 9.17) is 21.1 Å². The van der Waals surface area contributed by atoms with Crippen molar-refractivity contribution in [1.29, 1.82) is 0 Å². The number of nitrogens with zero attached hydrogens (tertiary/aromatic N) is 3. The van der Waals surface area contributed by atoms with Gasteiger partial charge < -0.3 is 9.84 Å². The van der Waals surface area contributed by atoms with Gasteiger partial charge >= 0.3 is 0 Å². The molecule has 6 heteroatoms. The average Bonchev–Trinajstić information content (AvgIpc) is 3.39. The molecule has 1 atom stereocenters. The number of hydrogen-bond donors (Lipinski definition) is 1. The smallest absolute Gasteiger partial charge is 0.234 e. The maximum Gasteiger partial charge on any atom is 0.234 e. The van der Waals surface area contributed by atoms with E-state index < -0.39 is 0 Å². The van der Waals surface area contributed by atoms with Crippen molar-refractivity contribution in [3.05, 3.63) is 59.1 Å². The lowest BCUT2D eigenvalue weighted by atomic mass is 9.88. The highest BCUT2D eigenvalue weighted by Crippen LogP contribution is 2.38. The summed E-state index contributed by atoms with van der Waals surface area (Å²) >= 11 is 6.08. The maximum absolute atomic E-state index is 6.08. The Morgan fingerprint density at radius 2 is 1.96 bits per heavy atom. The summed E-state index contributed by atoms with van der Waals surface area (Å²) in [6, 6.07) is 11.8. The molecule has 0 saturated heterocycles. The Labute approximate surface area is 164 Å². The largest absolute Gasteiger partial charge is 0.373 e. The van der Waals surface area contributed by atoms with Gasteiger partial charge in [0.1, 0.15) is 5.82 Å². The highest BCUT2D eigenvalue weighted by Gasteiger charge is 2.27. The molecule has 27 heavy (non-hydrogen) atoms. The summed E-state index contributed by atoms with van der Waals surface area (Å²) < 4.78 is 5.73. The molecule has 1 aliphatic rings. The van der Waals surface area contributed by atoms with E-state index in [1.54, 1.807) is 6.20 Å². The van der Waals surface area contributed by atoms with Gasteiger partial charge in [-0.3, -0.25) is 0 Å². The van der Waals surface area contributed by atoms with Crippen molar-refractivity contribution < 1.29 is 4.52 Å². The maximum atomic E-state index is 6.08. The topological polar surface area (TPSA) is 63.8 Å². The fourth-order valence-corrected chi connectivity index (χ4v) is 4.05. The standard InChI is InChI=1S/C21H23ClN4O/c1-23-19-17(7-4-12-24-19)20-25-21(27-26-20)18(13-14-5-2-3-6-14)15-8-10-16(22)11-9-15/h4,7-12,14,18H,2-3,5-6,13H2,1H3,(H,23,24). The lowest BCUT2D eigenvalue weighted by molar-refractivity contribution is 0.341. The summed E-state index contributed by atoms with van der Waals surface area (Å²) in [6.07, 6.45) is 7.94. The predicted octanol–water partition coefficient (Wildman–Crippen LogP) is 5.54. The van der Waals surface area contributed by atoms with Gasteiger partial charge in [0.2, 0.25) is 11.7 Å². The van der Waals surface area contributed by atoms with Crippen LogP contribution in [0.2, 0.25) is 5.02 Å². The van der Waals surface area contributed by atoms with Gasteiger partial charge in [-0.2, -0.15) is 4.98 Å². The monoisotopic (exact) mass is 382 g/mol. The second-order valence-corrected chi connectivity index (χ2v) is 7.53. The lowest BCUT2D eigenvalue weighted by Crippen LogP contribution is -2.07. The lowest BCUT2D eigenvalue weighted by Gasteiger charge is -2.17. The van der Waals surface area contributed by atoms with E-state index in [-0.39, 0.29) is 5.92 Å². The van der Waals surface area contributed by atoms with Crippen LogP contribution in [0, 0.1) is 5.92 Å². The zero-order valence-electron chi connectivity index (χ0n) is 15.4. The van der Waals surface area contributed by atoms with Gasteiger partial charge in [0.05, 0.1) is 11.5 Å². The summed E-state index contributed by atoms with van der Waals surface area (Å²) in [5, 5.41) is 8.06. The molecule has 0 spiro atoms. The number of rotatable bonds is 6. The summed E-state index contributed by atoms with van der Waals surface area (Å²) in [6.45, 7) is 0. The normalized spacial score (nSPS) is 15.8. The van der Waals surface area contributed by atoms with Crippen LogP contribution in [0.3, 0.4) is 0 Å². The number of anilines is 1. The predicted molar refractivity (Wildman–Crippen MR) is 107 cm³/mol. The number of halogens is 1. The minimum Gasteiger partial charge on any atom is -0.373 e. The van der Waals surface area contributed by atoms with Gasteiger partial charge in [0.15, 0.2) is 0 Å². The molecule has 0 amide bonds. The van der Waals surface area contributed by atoms with Crippen molar-refractivity contribution in [2.45, 2.75) is 38.0 Å². The first-order chi connectivity index (χ1) is 13.2. The molecule has 3 aromatic rings. The fourth-order valence-electron chi connectivity index (χ4n) is 3.93. The van der Waals surface area contributed by atoms with Gasteiger partial charge in [-0.1, -0.05) is 54.6 Å². The third-order valence-corrected chi connectivity index (χ3v) is 5.59. The van der Waals surface area contributed by atoms with Crippen molar-refractivity contribution >= 4 is 17.4 Å². The van der Waals surface area contributed by atoms with E-state index in [1.807, 2.05) is 31.3 Å². The van der Waals surface area contributed by atoms with Gasteiger partial charge in [-0.25, -0.2) is 4.98 Å². The van der Waals surface area contributed by atoms with Gasteiger partial charge in [0.25, 0.3) is 0 Å². The molecule has 1 unspecified atom stereocenters. The van der Waals surface area contributed by atoms with E-state index in [0.29, 0.717) is 17.6 Å². The molecule has 1 aliphatic carbocycles. The van der Waals surface area contributed by atoms with Crippen LogP contribution in [0.25, 0.3) is 11.4 Å². The second kappa shape index (κ2) is 8.09. The van der Waals surface area contributed by atoms with Gasteiger partial charge in [-0.15, -0.1) is 0 Å². The van der Waals surface area contributed by atoms with E-state index in [2.05, 4.69) is 27.6 Å². The van der Waals surface area contributed by atoms with Crippen LogP contribution in [0.15, 0.2) is 47.1 Å². The summed E-state index contributed by atoms with van der Waals surface area (Å²) in [5.41, 5.74) is 2.01. The third-order valence-electron chi connectivity index (χ3n) is 5.34. The highest BCUT2D eigenvalue weighted by atomic mass is 35.5. The minimum atomic E-state index is 0.0846. The molecule has 140 valence electrons. The van der Waals surface area contributed by atoms with E-state index in [9.17, 15) is 0 Å². The highest BCUT2D eigenvalue weighted by molar-refractivity contribution is 6.30. The Hall–Kier alpha value is -2.40. The van der Waals surface area contributed by atoms with E-state index >= 15 is 0 Å². The number of aromatic nitrogens is 3. The molecular weight excluding hydrogens is 360 g/mol. The van der Waals surface area contributed by atoms with Crippen LogP contribution < -0.4 is 5.32 Å². The van der Waals surface area contributed by atoms with E-state index in [1.165, 1.54) is 31.2 Å². The van der Waals surface area contributed by atoms with E-state index in [0.717, 1.165) is 22.8 Å². The molecule has 0 radical (unpaired) electrons. The van der Waals surface area contributed by atoms with Crippen LogP contribution in [0.5, 0.6) is 0 Å². The Morgan fingerprint density at radius 3 is 2.70 bits per heavy atom. The number of nitrogens with one attached hydrogen (secondary N) is 1. The summed E-state index contributed by atoms with van der Waals surface area (Å²) in [5.74, 6) is 2.75. The molecule has 5 nitrogen and oxygen atoms in total. The Balaban J connectivity index is 1.67. The van der Waals surface area contributed by atoms with Crippen LogP contribution >= 0.6 is 11.6 Å². The minimum absolute atomic E-state index is 0.0846. The second-order valence-electron chi connectivity index (χ2n) is 7.10. The van der Waals surface area contributed by atoms with Crippen LogP contribution in [-0.4, -0.2) is 22.2 Å². The molecule has 1 saturated carbocycles. The van der Waals surface area contributed by atoms with Crippen LogP contribution in [0.1, 0.15) is 49.5 Å². The number of pyridine rings is 1. The molecule has 2 heterocycles. The molecule has 1 aromatic carbocycles. The molecule has 2 aromatic heterocycles. The Bertz CT molecular complexity index is 887. The van der Waals surface area contributed by atoms with Crippen molar-refractivity contribution in [2.75, 3.05) is 12.4 Å². The van der Waals surface area contributed by atoms with Crippen LogP contribution in [0.4, 0.5) is 5.82 Å².